The van der Waals surface area contributed by atoms with Crippen LogP contribution in [0.1, 0.15) is 23.6 Å². The Balaban J connectivity index is 1.96. The van der Waals surface area contributed by atoms with Gasteiger partial charge in [0.15, 0.2) is 0 Å². The van der Waals surface area contributed by atoms with Crippen LogP contribution in [-0.2, 0) is 27.7 Å². The predicted octanol–water partition coefficient (Wildman–Crippen LogP) is 2.91. The topological polar surface area (TPSA) is 57.7 Å². The van der Waals surface area contributed by atoms with Gasteiger partial charge in [-0.2, -0.15) is 0 Å². The molecule has 3 rings (SSSR count). The van der Waals surface area contributed by atoms with Gasteiger partial charge in [-0.1, -0.05) is 43.3 Å². The molecular formula is C20H24N2O3S. The highest BCUT2D eigenvalue weighted by Crippen LogP contribution is 2.30. The fourth-order valence-electron chi connectivity index (χ4n) is 3.53. The zero-order valence-corrected chi connectivity index (χ0v) is 16.2. The molecule has 2 aromatic carbocycles. The minimum absolute atomic E-state index is 0.189. The molecule has 6 heteroatoms. The number of para-hydroxylation sites is 2. The van der Waals surface area contributed by atoms with Crippen molar-refractivity contribution in [2.75, 3.05) is 28.6 Å². The van der Waals surface area contributed by atoms with E-state index in [-0.39, 0.29) is 12.5 Å². The highest BCUT2D eigenvalue weighted by Gasteiger charge is 2.30. The molecule has 1 aliphatic heterocycles. The number of fused-ring (bicyclic) bond motifs is 1. The van der Waals surface area contributed by atoms with Crippen LogP contribution >= 0.6 is 0 Å². The zero-order chi connectivity index (χ0) is 18.9. The van der Waals surface area contributed by atoms with Crippen molar-refractivity contribution in [1.82, 2.24) is 0 Å². The molecule has 5 nitrogen and oxygen atoms in total. The average molecular weight is 372 g/mol. The monoisotopic (exact) mass is 372 g/mol. The van der Waals surface area contributed by atoms with Gasteiger partial charge in [0.2, 0.25) is 15.9 Å². The van der Waals surface area contributed by atoms with E-state index in [0.29, 0.717) is 18.7 Å². The van der Waals surface area contributed by atoms with E-state index in [2.05, 4.69) is 0 Å². The van der Waals surface area contributed by atoms with E-state index >= 15 is 0 Å². The lowest BCUT2D eigenvalue weighted by molar-refractivity contribution is -0.117. The standard InChI is InChI=1S/C20H24N2O3S/c1-4-16-10-7-8-15(2)20(16)22(26(3,24)25)14-19(23)21-13-12-17-9-5-6-11-18(17)21/h5-11H,4,12-14H2,1-3H3. The maximum absolute atomic E-state index is 13.0. The van der Waals surface area contributed by atoms with Crippen molar-refractivity contribution in [3.63, 3.8) is 0 Å². The number of hydrogen-bond donors (Lipinski definition) is 0. The quantitative estimate of drug-likeness (QED) is 0.811. The lowest BCUT2D eigenvalue weighted by atomic mass is 10.1. The summed E-state index contributed by atoms with van der Waals surface area (Å²) in [7, 11) is -3.59. The van der Waals surface area contributed by atoms with Crippen LogP contribution in [0.2, 0.25) is 0 Å². The van der Waals surface area contributed by atoms with Gasteiger partial charge in [0.25, 0.3) is 0 Å². The predicted molar refractivity (Wildman–Crippen MR) is 105 cm³/mol. The summed E-state index contributed by atoms with van der Waals surface area (Å²) in [5.41, 5.74) is 4.40. The summed E-state index contributed by atoms with van der Waals surface area (Å²) in [6.45, 7) is 4.26. The third-order valence-corrected chi connectivity index (χ3v) is 5.93. The van der Waals surface area contributed by atoms with Crippen LogP contribution in [0.5, 0.6) is 0 Å². The molecule has 26 heavy (non-hydrogen) atoms. The van der Waals surface area contributed by atoms with E-state index < -0.39 is 10.0 Å². The van der Waals surface area contributed by atoms with Crippen molar-refractivity contribution in [1.29, 1.82) is 0 Å². The third kappa shape index (κ3) is 3.46. The maximum Gasteiger partial charge on any atom is 0.247 e. The Kier molecular flexibility index (Phi) is 5.05. The molecule has 0 N–H and O–H groups in total. The molecule has 0 radical (unpaired) electrons. The molecule has 0 spiro atoms. The first-order valence-corrected chi connectivity index (χ1v) is 10.6. The van der Waals surface area contributed by atoms with Crippen molar-refractivity contribution >= 4 is 27.3 Å². The fraction of sp³-hybridized carbons (Fsp3) is 0.350. The van der Waals surface area contributed by atoms with E-state index in [1.54, 1.807) is 4.90 Å². The second kappa shape index (κ2) is 7.11. The van der Waals surface area contributed by atoms with Crippen LogP contribution < -0.4 is 9.21 Å². The Morgan fingerprint density at radius 2 is 1.88 bits per heavy atom. The minimum Gasteiger partial charge on any atom is -0.310 e. The van der Waals surface area contributed by atoms with Gasteiger partial charge in [0.05, 0.1) is 11.9 Å². The molecule has 0 saturated heterocycles. The fourth-order valence-corrected chi connectivity index (χ4v) is 4.47. The number of rotatable bonds is 5. The number of hydrogen-bond acceptors (Lipinski definition) is 3. The van der Waals surface area contributed by atoms with Gasteiger partial charge < -0.3 is 4.90 Å². The maximum atomic E-state index is 13.0. The van der Waals surface area contributed by atoms with E-state index in [1.807, 2.05) is 56.3 Å². The molecule has 0 saturated carbocycles. The van der Waals surface area contributed by atoms with E-state index in [0.717, 1.165) is 35.1 Å². The van der Waals surface area contributed by atoms with E-state index in [4.69, 9.17) is 0 Å². The highest BCUT2D eigenvalue weighted by molar-refractivity contribution is 7.92. The largest absolute Gasteiger partial charge is 0.310 e. The highest BCUT2D eigenvalue weighted by atomic mass is 32.2. The second-order valence-corrected chi connectivity index (χ2v) is 8.54. The van der Waals surface area contributed by atoms with Gasteiger partial charge in [0, 0.05) is 12.2 Å². The molecule has 0 atom stereocenters. The van der Waals surface area contributed by atoms with E-state index in [9.17, 15) is 13.2 Å². The average Bonchev–Trinajstić information content (AvgIpc) is 3.03. The smallest absolute Gasteiger partial charge is 0.247 e. The molecule has 138 valence electrons. The van der Waals surface area contributed by atoms with Crippen molar-refractivity contribution in [2.45, 2.75) is 26.7 Å². The minimum atomic E-state index is -3.59. The molecule has 0 bridgehead atoms. The van der Waals surface area contributed by atoms with Crippen LogP contribution in [0.15, 0.2) is 42.5 Å². The molecule has 2 aromatic rings. The SMILES string of the molecule is CCc1cccc(C)c1N(CC(=O)N1CCc2ccccc21)S(C)(=O)=O. The van der Waals surface area contributed by atoms with Crippen molar-refractivity contribution in [3.05, 3.63) is 59.2 Å². The van der Waals surface area contributed by atoms with Crippen LogP contribution in [0.3, 0.4) is 0 Å². The molecule has 0 aliphatic carbocycles. The third-order valence-electron chi connectivity index (χ3n) is 4.82. The first-order chi connectivity index (χ1) is 12.3. The molecule has 0 unspecified atom stereocenters. The number of nitrogens with zero attached hydrogens (tertiary/aromatic N) is 2. The first kappa shape index (κ1) is 18.5. The molecular weight excluding hydrogens is 348 g/mol. The van der Waals surface area contributed by atoms with Gasteiger partial charge in [-0.05, 0) is 42.5 Å². The Hall–Kier alpha value is -2.34. The summed E-state index contributed by atoms with van der Waals surface area (Å²) < 4.78 is 26.3. The van der Waals surface area contributed by atoms with Gasteiger partial charge in [0.1, 0.15) is 6.54 Å². The van der Waals surface area contributed by atoms with E-state index in [1.165, 1.54) is 4.31 Å². The summed E-state index contributed by atoms with van der Waals surface area (Å²) in [4.78, 5) is 14.7. The molecule has 1 aliphatic rings. The summed E-state index contributed by atoms with van der Waals surface area (Å²) in [5, 5.41) is 0. The molecule has 0 fully saturated rings. The first-order valence-electron chi connectivity index (χ1n) is 8.77. The molecule has 1 heterocycles. The molecule has 1 amide bonds. The number of carbonyl (C=O) groups excluding carboxylic acids is 1. The number of carbonyl (C=O) groups is 1. The number of benzene rings is 2. The Morgan fingerprint density at radius 1 is 1.15 bits per heavy atom. The molecule has 0 aromatic heterocycles. The van der Waals surface area contributed by atoms with Gasteiger partial charge >= 0.3 is 0 Å². The van der Waals surface area contributed by atoms with Crippen LogP contribution in [0, 0.1) is 6.92 Å². The number of anilines is 2. The summed E-state index contributed by atoms with van der Waals surface area (Å²) in [6.07, 6.45) is 2.65. The summed E-state index contributed by atoms with van der Waals surface area (Å²) in [6, 6.07) is 13.5. The van der Waals surface area contributed by atoms with Crippen molar-refractivity contribution in [3.8, 4) is 0 Å². The number of sulfonamides is 1. The van der Waals surface area contributed by atoms with Crippen LogP contribution in [0.25, 0.3) is 0 Å². The Morgan fingerprint density at radius 3 is 2.58 bits per heavy atom. The van der Waals surface area contributed by atoms with Crippen molar-refractivity contribution in [2.24, 2.45) is 0 Å². The lowest BCUT2D eigenvalue weighted by Crippen LogP contribution is -2.42. The Bertz CT molecular complexity index is 938. The number of aryl methyl sites for hydroxylation is 2. The van der Waals surface area contributed by atoms with Crippen LogP contribution in [0.4, 0.5) is 11.4 Å². The Labute approximate surface area is 155 Å². The van der Waals surface area contributed by atoms with Gasteiger partial charge in [-0.25, -0.2) is 8.42 Å². The normalized spacial score (nSPS) is 13.6. The van der Waals surface area contributed by atoms with Gasteiger partial charge in [-0.3, -0.25) is 9.10 Å². The second-order valence-electron chi connectivity index (χ2n) is 6.63. The van der Waals surface area contributed by atoms with Crippen LogP contribution in [-0.4, -0.2) is 33.7 Å². The summed E-state index contributed by atoms with van der Waals surface area (Å²) >= 11 is 0. The zero-order valence-electron chi connectivity index (χ0n) is 15.4. The number of amides is 1. The van der Waals surface area contributed by atoms with Gasteiger partial charge in [-0.15, -0.1) is 0 Å². The lowest BCUT2D eigenvalue weighted by Gasteiger charge is -2.28. The van der Waals surface area contributed by atoms with Crippen molar-refractivity contribution < 1.29 is 13.2 Å². The summed E-state index contributed by atoms with van der Waals surface area (Å²) in [5.74, 6) is -0.203.